The van der Waals surface area contributed by atoms with Gasteiger partial charge in [0.15, 0.2) is 15.7 Å². The minimum atomic E-state index is -4.20. The molecule has 2 aromatic carbocycles. The number of halogens is 2. The number of nitrogens with zero attached hydrogens (tertiary/aromatic N) is 5. The second-order valence-corrected chi connectivity index (χ2v) is 13.0. The molecule has 0 spiro atoms. The average molecular weight is 610 g/mol. The first kappa shape index (κ1) is 28.7. The topological polar surface area (TPSA) is 131 Å². The van der Waals surface area contributed by atoms with Crippen LogP contribution in [0, 0.1) is 11.6 Å². The normalized spacial score (nSPS) is 17.9. The summed E-state index contributed by atoms with van der Waals surface area (Å²) in [6.07, 6.45) is 3.68. The molecule has 11 nitrogen and oxygen atoms in total. The van der Waals surface area contributed by atoms with E-state index in [9.17, 15) is 22.0 Å². The lowest BCUT2D eigenvalue weighted by atomic mass is 10.1. The van der Waals surface area contributed by atoms with Crippen LogP contribution in [-0.2, 0) is 26.4 Å². The van der Waals surface area contributed by atoms with Crippen molar-refractivity contribution >= 4 is 33.1 Å². The van der Waals surface area contributed by atoms with Gasteiger partial charge in [-0.1, -0.05) is 0 Å². The molecule has 6 rings (SSSR count). The molecular weight excluding hydrogens is 580 g/mol. The van der Waals surface area contributed by atoms with Gasteiger partial charge < -0.3 is 20.3 Å². The Hall–Kier alpha value is -4.43. The van der Waals surface area contributed by atoms with E-state index in [4.69, 9.17) is 14.7 Å². The number of aromatic nitrogens is 4. The van der Waals surface area contributed by atoms with Gasteiger partial charge >= 0.3 is 6.03 Å². The van der Waals surface area contributed by atoms with Crippen molar-refractivity contribution in [1.29, 1.82) is 0 Å². The van der Waals surface area contributed by atoms with Gasteiger partial charge in [-0.25, -0.2) is 32.0 Å². The minimum Gasteiger partial charge on any atom is -0.377 e. The smallest absolute Gasteiger partial charge is 0.323 e. The Morgan fingerprint density at radius 1 is 1.02 bits per heavy atom. The fraction of sp³-hybridized carbons (Fsp3) is 0.310. The summed E-state index contributed by atoms with van der Waals surface area (Å²) in [5.74, 6) is -1.13. The van der Waals surface area contributed by atoms with Crippen molar-refractivity contribution in [3.05, 3.63) is 78.3 Å². The SMILES string of the molecule is C[C@H]1COCCN1c1cc(C2(S(=O)(=O)c3cc(F)cc(F)c3)CC2)nc(-c2ccc(NC(=O)Nc3cnn(C)c3)cc2)n1. The van der Waals surface area contributed by atoms with Crippen LogP contribution in [0.3, 0.4) is 0 Å². The second-order valence-electron chi connectivity index (χ2n) is 10.7. The van der Waals surface area contributed by atoms with Gasteiger partial charge in [0.1, 0.15) is 22.2 Å². The first-order valence-corrected chi connectivity index (χ1v) is 15.1. The molecule has 14 heteroatoms. The number of sulfone groups is 1. The molecule has 2 fully saturated rings. The van der Waals surface area contributed by atoms with Gasteiger partial charge in [0, 0.05) is 43.2 Å². The second kappa shape index (κ2) is 11.0. The first-order chi connectivity index (χ1) is 20.5. The number of hydrogen-bond donors (Lipinski definition) is 2. The number of carbonyl (C=O) groups is 1. The maximum absolute atomic E-state index is 14.0. The Bertz CT molecular complexity index is 1770. The van der Waals surface area contributed by atoms with Crippen molar-refractivity contribution in [2.75, 3.05) is 35.3 Å². The van der Waals surface area contributed by atoms with Crippen LogP contribution in [0.15, 0.2) is 65.8 Å². The number of carbonyl (C=O) groups excluding carboxylic acids is 1. The minimum absolute atomic E-state index is 0.0293. The van der Waals surface area contributed by atoms with Crippen LogP contribution in [0.25, 0.3) is 11.4 Å². The van der Waals surface area contributed by atoms with E-state index in [1.165, 1.54) is 6.20 Å². The molecule has 1 aliphatic carbocycles. The molecule has 1 saturated carbocycles. The van der Waals surface area contributed by atoms with Gasteiger partial charge in [0.25, 0.3) is 0 Å². The standard InChI is InChI=1S/C29H29F2N7O4S/c1-18-17-42-10-9-38(18)26-14-25(29(7-8-29)43(40,41)24-12-20(30)11-21(31)13-24)35-27(36-26)19-3-5-22(6-4-19)33-28(39)34-23-15-32-37(2)16-23/h3-6,11-16,18H,7-10,17H2,1-2H3,(H2,33,34,39)/t18-/m0/s1. The van der Waals surface area contributed by atoms with Gasteiger partial charge in [-0.05, 0) is 56.2 Å². The summed E-state index contributed by atoms with van der Waals surface area (Å²) in [5, 5.41) is 9.46. The lowest BCUT2D eigenvalue weighted by molar-refractivity contribution is 0.0985. The molecule has 1 atom stereocenters. The number of aryl methyl sites for hydroxylation is 1. The van der Waals surface area contributed by atoms with E-state index in [0.717, 1.165) is 12.1 Å². The summed E-state index contributed by atoms with van der Waals surface area (Å²) in [5.41, 5.74) is 1.90. The fourth-order valence-electron chi connectivity index (χ4n) is 5.18. The third-order valence-electron chi connectivity index (χ3n) is 7.57. The molecule has 4 aromatic rings. The van der Waals surface area contributed by atoms with Gasteiger partial charge in [-0.15, -0.1) is 0 Å². The molecule has 2 N–H and O–H groups in total. The third-order valence-corrected chi connectivity index (χ3v) is 10.1. The zero-order chi connectivity index (χ0) is 30.4. The molecule has 0 unspecified atom stereocenters. The highest BCUT2D eigenvalue weighted by molar-refractivity contribution is 7.92. The van der Waals surface area contributed by atoms with Crippen molar-refractivity contribution in [2.24, 2.45) is 7.05 Å². The molecular formula is C29H29F2N7O4S. The van der Waals surface area contributed by atoms with E-state index in [-0.39, 0.29) is 30.4 Å². The molecule has 1 aliphatic heterocycles. The van der Waals surface area contributed by atoms with Crippen molar-refractivity contribution in [3.63, 3.8) is 0 Å². The quantitative estimate of drug-likeness (QED) is 0.314. The average Bonchev–Trinajstić information content (AvgIpc) is 3.70. The highest BCUT2D eigenvalue weighted by atomic mass is 32.2. The number of hydrogen-bond acceptors (Lipinski definition) is 8. The van der Waals surface area contributed by atoms with Crippen molar-refractivity contribution in [2.45, 2.75) is 35.4 Å². The summed E-state index contributed by atoms with van der Waals surface area (Å²) >= 11 is 0. The fourth-order valence-corrected chi connectivity index (χ4v) is 7.18. The molecule has 3 heterocycles. The lowest BCUT2D eigenvalue weighted by Gasteiger charge is -2.34. The maximum atomic E-state index is 14.0. The zero-order valence-electron chi connectivity index (χ0n) is 23.4. The predicted octanol–water partition coefficient (Wildman–Crippen LogP) is 4.49. The molecule has 224 valence electrons. The van der Waals surface area contributed by atoms with Crippen molar-refractivity contribution in [1.82, 2.24) is 19.7 Å². The van der Waals surface area contributed by atoms with Gasteiger partial charge in [-0.2, -0.15) is 5.10 Å². The third kappa shape index (κ3) is 5.67. The van der Waals surface area contributed by atoms with Gasteiger partial charge in [0.2, 0.25) is 0 Å². The molecule has 0 radical (unpaired) electrons. The number of benzene rings is 2. The Labute approximate surface area is 246 Å². The number of nitrogens with one attached hydrogen (secondary N) is 2. The van der Waals surface area contributed by atoms with Crippen LogP contribution < -0.4 is 15.5 Å². The largest absolute Gasteiger partial charge is 0.377 e. The summed E-state index contributed by atoms with van der Waals surface area (Å²) in [7, 11) is -2.46. The van der Waals surface area contributed by atoms with Crippen LogP contribution in [0.4, 0.5) is 30.8 Å². The van der Waals surface area contributed by atoms with Crippen molar-refractivity contribution < 1.29 is 26.7 Å². The number of amides is 2. The Morgan fingerprint density at radius 3 is 2.35 bits per heavy atom. The van der Waals surface area contributed by atoms with Crippen LogP contribution in [0.1, 0.15) is 25.5 Å². The summed E-state index contributed by atoms with van der Waals surface area (Å²) in [6.45, 7) is 3.48. The zero-order valence-corrected chi connectivity index (χ0v) is 24.2. The van der Waals surface area contributed by atoms with Crippen LogP contribution in [0.5, 0.6) is 0 Å². The van der Waals surface area contributed by atoms with Gasteiger partial charge in [0.05, 0.1) is 41.7 Å². The van der Waals surface area contributed by atoms with E-state index >= 15 is 0 Å². The van der Waals surface area contributed by atoms with Crippen LogP contribution in [-0.4, -0.2) is 60.0 Å². The van der Waals surface area contributed by atoms with E-state index in [0.29, 0.717) is 48.6 Å². The number of ether oxygens (including phenoxy) is 1. The molecule has 0 bridgehead atoms. The summed E-state index contributed by atoms with van der Waals surface area (Å²) < 4.78 is 61.4. The Balaban J connectivity index is 1.35. The van der Waals surface area contributed by atoms with Crippen LogP contribution in [0.2, 0.25) is 0 Å². The number of anilines is 3. The number of rotatable bonds is 7. The highest BCUT2D eigenvalue weighted by Gasteiger charge is 2.58. The lowest BCUT2D eigenvalue weighted by Crippen LogP contribution is -2.44. The Morgan fingerprint density at radius 2 is 1.72 bits per heavy atom. The van der Waals surface area contributed by atoms with E-state index in [1.54, 1.807) is 48.3 Å². The van der Waals surface area contributed by atoms with E-state index in [2.05, 4.69) is 15.7 Å². The molecule has 1 saturated heterocycles. The van der Waals surface area contributed by atoms with Gasteiger partial charge in [-0.3, -0.25) is 4.68 Å². The first-order valence-electron chi connectivity index (χ1n) is 13.7. The monoisotopic (exact) mass is 609 g/mol. The highest BCUT2D eigenvalue weighted by Crippen LogP contribution is 2.55. The number of urea groups is 1. The molecule has 43 heavy (non-hydrogen) atoms. The Kier molecular flexibility index (Phi) is 7.34. The van der Waals surface area contributed by atoms with E-state index < -0.39 is 37.1 Å². The predicted molar refractivity (Wildman–Crippen MR) is 155 cm³/mol. The van der Waals surface area contributed by atoms with E-state index in [1.807, 2.05) is 11.8 Å². The molecule has 2 aliphatic rings. The summed E-state index contributed by atoms with van der Waals surface area (Å²) in [6, 6.07) is 10.3. The maximum Gasteiger partial charge on any atom is 0.323 e. The molecule has 2 aromatic heterocycles. The summed E-state index contributed by atoms with van der Waals surface area (Å²) in [4.78, 5) is 23.5. The van der Waals surface area contributed by atoms with Crippen LogP contribution >= 0.6 is 0 Å². The number of morpholine rings is 1. The molecule has 2 amide bonds. The van der Waals surface area contributed by atoms with Crippen molar-refractivity contribution in [3.8, 4) is 11.4 Å².